The molecule has 9 atom stereocenters. The van der Waals surface area contributed by atoms with Crippen LogP contribution in [0.5, 0.6) is 0 Å². The first-order chi connectivity index (χ1) is 15.7. The maximum atomic E-state index is 14.4. The van der Waals surface area contributed by atoms with Crippen LogP contribution >= 0.6 is 12.0 Å². The molecule has 7 nitrogen and oxygen atoms in total. The van der Waals surface area contributed by atoms with Crippen LogP contribution in [-0.4, -0.2) is 64.3 Å². The number of carbonyl (C=O) groups excluding carboxylic acids is 2. The number of rotatable bonds is 3. The van der Waals surface area contributed by atoms with Crippen molar-refractivity contribution in [1.82, 2.24) is 0 Å². The molecule has 1 aliphatic heterocycles. The summed E-state index contributed by atoms with van der Waals surface area (Å²) in [5, 5.41) is 24.5. The van der Waals surface area contributed by atoms with Gasteiger partial charge in [-0.05, 0) is 42.5 Å². The van der Waals surface area contributed by atoms with Crippen LogP contribution in [0.15, 0.2) is 11.1 Å². The van der Waals surface area contributed by atoms with Crippen molar-refractivity contribution in [3.8, 4) is 0 Å². The molecule has 0 spiro atoms. The Morgan fingerprint density at radius 1 is 1.26 bits per heavy atom. The van der Waals surface area contributed by atoms with Gasteiger partial charge in [0.1, 0.15) is 23.1 Å². The van der Waals surface area contributed by atoms with Crippen molar-refractivity contribution in [3.05, 3.63) is 11.1 Å². The molecule has 2 N–H and O–H groups in total. The first kappa shape index (κ1) is 27.5. The predicted molar refractivity (Wildman–Crippen MR) is 124 cm³/mol. The molecule has 1 saturated heterocycles. The summed E-state index contributed by atoms with van der Waals surface area (Å²) in [6.07, 6.45) is -1.59. The third-order valence-electron chi connectivity index (χ3n) is 9.62. The van der Waals surface area contributed by atoms with Crippen molar-refractivity contribution in [2.24, 2.45) is 28.6 Å². The molecule has 2 saturated carbocycles. The maximum absolute atomic E-state index is 14.4. The van der Waals surface area contributed by atoms with Gasteiger partial charge in [-0.3, -0.25) is 9.59 Å². The number of Topliss-reactive ketones (excluding diaryl/α,β-unsaturated/α-hetero) is 1. The van der Waals surface area contributed by atoms with Crippen LogP contribution < -0.4 is 0 Å². The van der Waals surface area contributed by atoms with Gasteiger partial charge in [-0.2, -0.15) is 0 Å². The molecule has 0 unspecified atom stereocenters. The largest absolute Gasteiger partial charge is 0.459 e. The molecule has 1 heterocycles. The third kappa shape index (κ3) is 3.69. The van der Waals surface area contributed by atoms with Crippen molar-refractivity contribution in [1.29, 1.82) is 0 Å². The zero-order valence-corrected chi connectivity index (χ0v) is 26.8. The average molecular weight is 712 g/mol. The van der Waals surface area contributed by atoms with Gasteiger partial charge in [0.2, 0.25) is 0 Å². The van der Waals surface area contributed by atoms with E-state index >= 15 is 0 Å². The molecule has 3 fully saturated rings. The Morgan fingerprint density at radius 2 is 1.91 bits per heavy atom. The first-order valence-electron chi connectivity index (χ1n) is 12.4. The maximum Gasteiger partial charge on any atom is 0.303 e. The number of hydrogen-bond acceptors (Lipinski definition) is 8. The number of carbonyl (C=O) groups is 2. The number of ether oxygens (including phenoxy) is 2. The van der Waals surface area contributed by atoms with Crippen LogP contribution in [-0.2, 0) is 23.2 Å². The Balaban J connectivity index is 0.00000342. The molecule has 0 amide bonds. The second-order valence-corrected chi connectivity index (χ2v) is 11.8. The quantitative estimate of drug-likeness (QED) is 0.262. The first-order valence-corrected chi connectivity index (χ1v) is 12.7. The number of aliphatic hydroxyl groups is 2. The van der Waals surface area contributed by atoms with Gasteiger partial charge in [-0.25, -0.2) is 0 Å². The average Bonchev–Trinajstić information content (AvgIpc) is 2.74. The number of ketones is 1. The number of hydrogen-bond donors (Lipinski definition) is 2. The minimum atomic E-state index is -1.63. The van der Waals surface area contributed by atoms with E-state index in [4.69, 9.17) is 15.0 Å². The predicted octanol–water partition coefficient (Wildman–Crippen LogP) is 3.07. The van der Waals surface area contributed by atoms with E-state index in [9.17, 15) is 19.8 Å². The molecule has 34 heavy (non-hydrogen) atoms. The van der Waals surface area contributed by atoms with Crippen LogP contribution in [0.25, 0.3) is 0 Å². The van der Waals surface area contributed by atoms with Gasteiger partial charge in [-0.15, -0.1) is 0 Å². The Bertz CT molecular complexity index is 927. The van der Waals surface area contributed by atoms with Gasteiger partial charge in [0.15, 0.2) is 0 Å². The normalized spacial score (nSPS) is 47.7. The summed E-state index contributed by atoms with van der Waals surface area (Å²) in [7, 11) is 0. The minimum Gasteiger partial charge on any atom is -0.459 e. The van der Waals surface area contributed by atoms with Gasteiger partial charge in [0, 0.05) is 87.7 Å². The monoisotopic (exact) mass is 711 g/mol. The Kier molecular flexibility index (Phi) is 7.58. The van der Waals surface area contributed by atoms with E-state index in [-0.39, 0.29) is 75.0 Å². The second kappa shape index (κ2) is 9.36. The van der Waals surface area contributed by atoms with Gasteiger partial charge >= 0.3 is 5.97 Å². The van der Waals surface area contributed by atoms with Crippen molar-refractivity contribution in [3.63, 3.8) is 0 Å². The molecule has 0 aromatic carbocycles. The fraction of sp³-hybridized carbons (Fsp3) is 0.840. The van der Waals surface area contributed by atoms with Gasteiger partial charge in [0.05, 0.1) is 18.8 Å². The van der Waals surface area contributed by atoms with Crippen molar-refractivity contribution >= 4 is 23.8 Å². The molecule has 0 aromatic heterocycles. The summed E-state index contributed by atoms with van der Waals surface area (Å²) >= 11 is 0.978. The number of fused-ring (bicyclic) bond motifs is 5. The van der Waals surface area contributed by atoms with Gasteiger partial charge in [0.25, 0.3) is 0 Å². The van der Waals surface area contributed by atoms with E-state index in [1.165, 1.54) is 6.92 Å². The van der Waals surface area contributed by atoms with E-state index in [2.05, 4.69) is 0 Å². The smallest absolute Gasteiger partial charge is 0.303 e. The summed E-state index contributed by atoms with van der Waals surface area (Å²) in [6, 6.07) is 0. The van der Waals surface area contributed by atoms with Gasteiger partial charge < -0.3 is 23.9 Å². The van der Waals surface area contributed by atoms with Crippen LogP contribution in [0.4, 0.5) is 0 Å². The second-order valence-electron chi connectivity index (χ2n) is 11.4. The molecule has 1 radical (unpaired) electrons. The summed E-state index contributed by atoms with van der Waals surface area (Å²) in [6.45, 7) is 12.7. The van der Waals surface area contributed by atoms with Crippen LogP contribution in [0.2, 0.25) is 0 Å². The topological polar surface area (TPSA) is 102 Å². The zero-order valence-electron chi connectivity index (χ0n) is 22.2. The van der Waals surface area contributed by atoms with E-state index in [1.54, 1.807) is 0 Å². The Labute approximate surface area is 244 Å². The van der Waals surface area contributed by atoms with Crippen molar-refractivity contribution in [2.45, 2.75) is 90.8 Å². The fourth-order valence-electron chi connectivity index (χ4n) is 7.65. The van der Waals surface area contributed by atoms with Crippen LogP contribution in [0, 0.1) is 72.6 Å². The van der Waals surface area contributed by atoms with E-state index in [0.717, 1.165) is 23.2 Å². The summed E-state index contributed by atoms with van der Waals surface area (Å²) in [4.78, 5) is 26.8. The van der Waals surface area contributed by atoms with E-state index < -0.39 is 58.1 Å². The van der Waals surface area contributed by atoms with Crippen LogP contribution in [0.1, 0.15) is 62.7 Å². The third-order valence-corrected chi connectivity index (χ3v) is 9.99. The summed E-state index contributed by atoms with van der Waals surface area (Å²) < 4.78 is 25.1. The molecule has 189 valence electrons. The molecule has 4 aliphatic rings. The standard InChI is InChI=1S/C25H38O7S.Ac/c1-12-9-17-24(28,11-30-17)19-21(31-15(4)26)25(29)10-16(32-33-8)13(2)18(22(25,5)6)14(3)20(27)23(12,19)7;/h12,14,16-17,19,21,28-29H,9-11H2,1-8H3;/t12-,14+,16-,17+,19-,21-,23+,24-,25+;/m0./s1/i8T;. The summed E-state index contributed by atoms with van der Waals surface area (Å²) in [5.41, 5.74) is -3.38. The van der Waals surface area contributed by atoms with Crippen molar-refractivity contribution in [2.75, 3.05) is 12.8 Å². The Hall–Kier alpha value is 0.512. The molecule has 2 bridgehead atoms. The van der Waals surface area contributed by atoms with Crippen molar-refractivity contribution < 1.29 is 78.9 Å². The molecular weight excluding hydrogens is 671 g/mol. The molecule has 9 heteroatoms. The van der Waals surface area contributed by atoms with Crippen LogP contribution in [0.3, 0.4) is 0 Å². The molecule has 3 aliphatic carbocycles. The zero-order chi connectivity index (χ0) is 25.4. The minimum absolute atomic E-state index is 0. The summed E-state index contributed by atoms with van der Waals surface area (Å²) in [5.74, 6) is -2.16. The Morgan fingerprint density at radius 3 is 2.44 bits per heavy atom. The number of esters is 1. The molecule has 0 aromatic rings. The van der Waals surface area contributed by atoms with Gasteiger partial charge in [-0.1, -0.05) is 34.6 Å². The SMILES string of the molecule is [3H]CSO[C@H]1C[C@@]2(O)[C@@H](OC(C)=O)[C@@H]3[C@]4(O)CO[C@@H]4C[C@H](C)[C@@]3(C)C(=O)[C@H](C)C(=C1C)C2(C)C.[Ac]. The fourth-order valence-corrected chi connectivity index (χ4v) is 8.03. The van der Waals surface area contributed by atoms with E-state index in [0.29, 0.717) is 6.42 Å². The molecular formula is C25H38AcO7S. The molecule has 4 rings (SSSR count). The van der Waals surface area contributed by atoms with E-state index in [1.807, 2.05) is 41.5 Å².